The number of nitrogens with one attached hydrogen (secondary N) is 1. The highest BCUT2D eigenvalue weighted by molar-refractivity contribution is 7.07. The Labute approximate surface area is 195 Å². The lowest BCUT2D eigenvalue weighted by Gasteiger charge is -2.22. The van der Waals surface area contributed by atoms with Crippen molar-refractivity contribution in [2.45, 2.75) is 13.0 Å². The Hall–Kier alpha value is -3.10. The maximum Gasteiger partial charge on any atom is 0.321 e. The summed E-state index contributed by atoms with van der Waals surface area (Å²) in [6.07, 6.45) is 0.703. The third kappa shape index (κ3) is 5.77. The smallest absolute Gasteiger partial charge is 0.321 e. The summed E-state index contributed by atoms with van der Waals surface area (Å²) in [4.78, 5) is 33.4. The SMILES string of the molecule is O=C(Nc1cccc(Cl)c1)N1CCCN(C(=O)c2cccc(OCc3cscn3)c2)CC1. The number of amides is 3. The van der Waals surface area contributed by atoms with Crippen molar-refractivity contribution in [2.24, 2.45) is 0 Å². The minimum Gasteiger partial charge on any atom is -0.487 e. The van der Waals surface area contributed by atoms with Gasteiger partial charge in [-0.3, -0.25) is 4.79 Å². The zero-order valence-electron chi connectivity index (χ0n) is 17.4. The molecule has 32 heavy (non-hydrogen) atoms. The van der Waals surface area contributed by atoms with E-state index in [0.717, 1.165) is 5.69 Å². The van der Waals surface area contributed by atoms with Crippen LogP contribution in [0.1, 0.15) is 22.5 Å². The summed E-state index contributed by atoms with van der Waals surface area (Å²) in [7, 11) is 0. The third-order valence-electron chi connectivity index (χ3n) is 5.10. The van der Waals surface area contributed by atoms with Gasteiger partial charge in [-0.2, -0.15) is 0 Å². The molecule has 0 radical (unpaired) electrons. The normalized spacial score (nSPS) is 14.0. The summed E-state index contributed by atoms with van der Waals surface area (Å²) in [6.45, 7) is 2.45. The number of aromatic nitrogens is 1. The van der Waals surface area contributed by atoms with Gasteiger partial charge in [0.2, 0.25) is 0 Å². The minimum absolute atomic E-state index is 0.0683. The summed E-state index contributed by atoms with van der Waals surface area (Å²) in [5.74, 6) is 0.558. The molecule has 1 N–H and O–H groups in total. The molecule has 0 spiro atoms. The van der Waals surface area contributed by atoms with E-state index in [2.05, 4.69) is 10.3 Å². The van der Waals surface area contributed by atoms with Gasteiger partial charge < -0.3 is 19.9 Å². The lowest BCUT2D eigenvalue weighted by atomic mass is 10.2. The second-order valence-corrected chi connectivity index (χ2v) is 8.52. The molecule has 166 valence electrons. The molecule has 1 aliphatic rings. The Bertz CT molecular complexity index is 1080. The quantitative estimate of drug-likeness (QED) is 0.583. The van der Waals surface area contributed by atoms with Crippen molar-refractivity contribution in [2.75, 3.05) is 31.5 Å². The van der Waals surface area contributed by atoms with Crippen LogP contribution in [-0.4, -0.2) is 52.9 Å². The van der Waals surface area contributed by atoms with Crippen LogP contribution in [0.15, 0.2) is 59.4 Å². The second-order valence-electron chi connectivity index (χ2n) is 7.37. The summed E-state index contributed by atoms with van der Waals surface area (Å²) in [5, 5.41) is 5.36. The summed E-state index contributed by atoms with van der Waals surface area (Å²) >= 11 is 7.50. The van der Waals surface area contributed by atoms with Crippen molar-refractivity contribution in [1.29, 1.82) is 0 Å². The van der Waals surface area contributed by atoms with Gasteiger partial charge in [-0.05, 0) is 42.8 Å². The molecule has 9 heteroatoms. The van der Waals surface area contributed by atoms with Crippen LogP contribution in [0.25, 0.3) is 0 Å². The van der Waals surface area contributed by atoms with Crippen molar-refractivity contribution in [3.05, 3.63) is 75.7 Å². The Morgan fingerprint density at radius 1 is 1.06 bits per heavy atom. The van der Waals surface area contributed by atoms with Gasteiger partial charge in [0.1, 0.15) is 12.4 Å². The van der Waals surface area contributed by atoms with Crippen molar-refractivity contribution in [1.82, 2.24) is 14.8 Å². The number of nitrogens with zero attached hydrogens (tertiary/aromatic N) is 3. The number of hydrogen-bond acceptors (Lipinski definition) is 5. The maximum absolute atomic E-state index is 13.1. The van der Waals surface area contributed by atoms with Gasteiger partial charge in [0.25, 0.3) is 5.91 Å². The van der Waals surface area contributed by atoms with Crippen LogP contribution in [0, 0.1) is 0 Å². The molecule has 0 atom stereocenters. The fourth-order valence-electron chi connectivity index (χ4n) is 3.46. The van der Waals surface area contributed by atoms with E-state index in [1.165, 1.54) is 11.3 Å². The van der Waals surface area contributed by atoms with Crippen molar-refractivity contribution >= 4 is 40.6 Å². The average molecular weight is 471 g/mol. The van der Waals surface area contributed by atoms with E-state index < -0.39 is 0 Å². The maximum atomic E-state index is 13.1. The molecule has 3 aromatic rings. The lowest BCUT2D eigenvalue weighted by molar-refractivity contribution is 0.0762. The van der Waals surface area contributed by atoms with Gasteiger partial charge in [0.15, 0.2) is 0 Å². The van der Waals surface area contributed by atoms with E-state index >= 15 is 0 Å². The number of halogens is 1. The van der Waals surface area contributed by atoms with E-state index in [1.54, 1.807) is 51.7 Å². The molecule has 0 bridgehead atoms. The molecule has 4 rings (SSSR count). The molecular formula is C23H23ClN4O3S. The van der Waals surface area contributed by atoms with Gasteiger partial charge in [-0.1, -0.05) is 23.7 Å². The van der Waals surface area contributed by atoms with E-state index in [9.17, 15) is 9.59 Å². The number of rotatable bonds is 5. The van der Waals surface area contributed by atoms with Crippen LogP contribution >= 0.6 is 22.9 Å². The zero-order chi connectivity index (χ0) is 22.3. The first-order valence-electron chi connectivity index (χ1n) is 10.3. The molecule has 1 aromatic heterocycles. The fourth-order valence-corrected chi connectivity index (χ4v) is 4.19. The van der Waals surface area contributed by atoms with Crippen LogP contribution in [0.4, 0.5) is 10.5 Å². The van der Waals surface area contributed by atoms with Gasteiger partial charge in [0.05, 0.1) is 11.2 Å². The van der Waals surface area contributed by atoms with Gasteiger partial charge >= 0.3 is 6.03 Å². The van der Waals surface area contributed by atoms with E-state index in [1.807, 2.05) is 17.5 Å². The number of thiazole rings is 1. The van der Waals surface area contributed by atoms with Crippen molar-refractivity contribution in [3.63, 3.8) is 0 Å². The standard InChI is InChI=1S/C23H23ClN4O3S/c24-18-5-2-6-19(13-18)26-23(30)28-9-3-8-27(10-11-28)22(29)17-4-1-7-21(12-17)31-14-20-15-32-16-25-20/h1-2,4-7,12-13,15-16H,3,8-11,14H2,(H,26,30). The number of benzene rings is 2. The zero-order valence-corrected chi connectivity index (χ0v) is 18.9. The largest absolute Gasteiger partial charge is 0.487 e. The molecule has 0 saturated carbocycles. The van der Waals surface area contributed by atoms with Crippen LogP contribution in [-0.2, 0) is 6.61 Å². The van der Waals surface area contributed by atoms with Crippen molar-refractivity contribution in [3.8, 4) is 5.75 Å². The first-order valence-corrected chi connectivity index (χ1v) is 11.6. The third-order valence-corrected chi connectivity index (χ3v) is 5.97. The van der Waals surface area contributed by atoms with Gasteiger partial charge in [-0.15, -0.1) is 11.3 Å². The number of hydrogen-bond donors (Lipinski definition) is 1. The molecule has 2 heterocycles. The molecule has 0 unspecified atom stereocenters. The van der Waals surface area contributed by atoms with E-state index in [0.29, 0.717) is 61.2 Å². The minimum atomic E-state index is -0.195. The molecule has 1 saturated heterocycles. The first kappa shape index (κ1) is 22.1. The Morgan fingerprint density at radius 3 is 2.69 bits per heavy atom. The Balaban J connectivity index is 1.34. The molecule has 1 fully saturated rings. The number of carbonyl (C=O) groups excluding carboxylic acids is 2. The molecular weight excluding hydrogens is 448 g/mol. The van der Waals surface area contributed by atoms with Crippen LogP contribution < -0.4 is 10.1 Å². The lowest BCUT2D eigenvalue weighted by Crippen LogP contribution is -2.39. The highest BCUT2D eigenvalue weighted by atomic mass is 35.5. The molecule has 2 aromatic carbocycles. The van der Waals surface area contributed by atoms with Crippen molar-refractivity contribution < 1.29 is 14.3 Å². The topological polar surface area (TPSA) is 74.8 Å². The Morgan fingerprint density at radius 2 is 1.88 bits per heavy atom. The highest BCUT2D eigenvalue weighted by Gasteiger charge is 2.23. The summed E-state index contributed by atoms with van der Waals surface area (Å²) in [6, 6.07) is 14.0. The summed E-state index contributed by atoms with van der Waals surface area (Å²) in [5.41, 5.74) is 3.83. The number of anilines is 1. The number of ether oxygens (including phenoxy) is 1. The van der Waals surface area contributed by atoms with E-state index in [4.69, 9.17) is 16.3 Å². The van der Waals surface area contributed by atoms with E-state index in [-0.39, 0.29) is 11.9 Å². The number of carbonyl (C=O) groups is 2. The van der Waals surface area contributed by atoms with Gasteiger partial charge in [0, 0.05) is 47.8 Å². The Kier molecular flexibility index (Phi) is 7.24. The average Bonchev–Trinajstić information content (AvgIpc) is 3.20. The number of urea groups is 1. The van der Waals surface area contributed by atoms with Crippen LogP contribution in [0.2, 0.25) is 5.02 Å². The first-order chi connectivity index (χ1) is 15.6. The summed E-state index contributed by atoms with van der Waals surface area (Å²) < 4.78 is 5.77. The second kappa shape index (κ2) is 10.5. The fraction of sp³-hybridized carbons (Fsp3) is 0.261. The predicted molar refractivity (Wildman–Crippen MR) is 125 cm³/mol. The van der Waals surface area contributed by atoms with Crippen LogP contribution in [0.5, 0.6) is 5.75 Å². The molecule has 7 nitrogen and oxygen atoms in total. The molecule has 0 aliphatic carbocycles. The molecule has 3 amide bonds. The van der Waals surface area contributed by atoms with Gasteiger partial charge in [-0.25, -0.2) is 9.78 Å². The molecule has 1 aliphatic heterocycles. The highest BCUT2D eigenvalue weighted by Crippen LogP contribution is 2.19. The van der Waals surface area contributed by atoms with Crippen LogP contribution in [0.3, 0.4) is 0 Å². The monoisotopic (exact) mass is 470 g/mol. The predicted octanol–water partition coefficient (Wildman–Crippen LogP) is 4.76.